The summed E-state index contributed by atoms with van der Waals surface area (Å²) >= 11 is 0. The number of rotatable bonds is 6. The van der Waals surface area contributed by atoms with E-state index in [9.17, 15) is 10.1 Å². The molecule has 3 aromatic rings. The van der Waals surface area contributed by atoms with Crippen LogP contribution in [0.2, 0.25) is 0 Å². The maximum Gasteiger partial charge on any atom is 0.269 e. The van der Waals surface area contributed by atoms with Gasteiger partial charge in [-0.05, 0) is 6.07 Å². The average molecular weight is 334 g/mol. The smallest absolute Gasteiger partial charge is 0.269 e. The Balaban J connectivity index is 2.00. The Bertz CT molecular complexity index is 866. The van der Waals surface area contributed by atoms with E-state index in [1.807, 2.05) is 60.7 Å². The van der Waals surface area contributed by atoms with Gasteiger partial charge in [0.2, 0.25) is 0 Å². The molecule has 125 valence electrons. The minimum Gasteiger partial charge on any atom is -0.497 e. The Morgan fingerprint density at radius 3 is 2.24 bits per heavy atom. The Kier molecular flexibility index (Phi) is 5.06. The molecule has 25 heavy (non-hydrogen) atoms. The van der Waals surface area contributed by atoms with Crippen molar-refractivity contribution in [2.45, 2.75) is 6.54 Å². The van der Waals surface area contributed by atoms with Gasteiger partial charge < -0.3 is 4.74 Å². The van der Waals surface area contributed by atoms with Crippen molar-refractivity contribution in [1.82, 2.24) is 4.90 Å². The SMILES string of the molecule is COc1cccc([N+](Cc2cccc([N+](=O)[O-])c2)c2ccccc2)c1. The van der Waals surface area contributed by atoms with Gasteiger partial charge in [0, 0.05) is 42.0 Å². The molecule has 0 unspecified atom stereocenters. The normalized spacial score (nSPS) is 10.6. The van der Waals surface area contributed by atoms with Gasteiger partial charge in [-0.1, -0.05) is 41.3 Å². The van der Waals surface area contributed by atoms with Gasteiger partial charge in [-0.15, -0.1) is 0 Å². The lowest BCUT2D eigenvalue weighted by molar-refractivity contribution is -0.384. The predicted octanol–water partition coefficient (Wildman–Crippen LogP) is 4.91. The lowest BCUT2D eigenvalue weighted by Crippen LogP contribution is -2.17. The van der Waals surface area contributed by atoms with Gasteiger partial charge in [-0.3, -0.25) is 10.1 Å². The number of nitro groups is 1. The number of anilines is 2. The van der Waals surface area contributed by atoms with E-state index in [1.54, 1.807) is 19.2 Å². The zero-order valence-corrected chi connectivity index (χ0v) is 13.8. The number of hydrogen-bond acceptors (Lipinski definition) is 4. The van der Waals surface area contributed by atoms with Gasteiger partial charge in [-0.2, -0.15) is 0 Å². The summed E-state index contributed by atoms with van der Waals surface area (Å²) in [5, 5.41) is 11.0. The Morgan fingerprint density at radius 1 is 0.840 bits per heavy atom. The summed E-state index contributed by atoms with van der Waals surface area (Å²) in [5.74, 6) is 0.762. The van der Waals surface area contributed by atoms with E-state index in [-0.39, 0.29) is 10.6 Å². The quantitative estimate of drug-likeness (QED) is 0.366. The number of non-ortho nitro benzene ring substituents is 1. The Hall–Kier alpha value is -3.18. The van der Waals surface area contributed by atoms with Crippen molar-refractivity contribution in [3.8, 4) is 5.75 Å². The van der Waals surface area contributed by atoms with E-state index in [0.29, 0.717) is 6.54 Å². The molecular formula is C20H18N2O3+. The van der Waals surface area contributed by atoms with Crippen molar-refractivity contribution in [3.63, 3.8) is 0 Å². The molecule has 0 bridgehead atoms. The lowest BCUT2D eigenvalue weighted by atomic mass is 10.1. The highest BCUT2D eigenvalue weighted by molar-refractivity contribution is 5.55. The molecule has 5 heteroatoms. The summed E-state index contributed by atoms with van der Waals surface area (Å²) in [6, 6.07) is 24.4. The first-order valence-electron chi connectivity index (χ1n) is 7.87. The first-order chi connectivity index (χ1) is 12.2. The van der Waals surface area contributed by atoms with Crippen molar-refractivity contribution in [2.75, 3.05) is 7.11 Å². The maximum absolute atomic E-state index is 11.0. The lowest BCUT2D eigenvalue weighted by Gasteiger charge is -2.12. The van der Waals surface area contributed by atoms with Crippen molar-refractivity contribution in [1.29, 1.82) is 0 Å². The van der Waals surface area contributed by atoms with E-state index in [2.05, 4.69) is 4.90 Å². The molecule has 0 aliphatic carbocycles. The molecule has 3 rings (SSSR count). The summed E-state index contributed by atoms with van der Waals surface area (Å²) in [7, 11) is 1.63. The van der Waals surface area contributed by atoms with Gasteiger partial charge in [0.1, 0.15) is 5.75 Å². The zero-order chi connectivity index (χ0) is 17.6. The monoisotopic (exact) mass is 334 g/mol. The number of hydrogen-bond donors (Lipinski definition) is 0. The van der Waals surface area contributed by atoms with Crippen LogP contribution < -0.4 is 9.64 Å². The molecule has 5 nitrogen and oxygen atoms in total. The summed E-state index contributed by atoms with van der Waals surface area (Å²) in [6.07, 6.45) is 0. The molecule has 0 saturated carbocycles. The van der Waals surface area contributed by atoms with Crippen LogP contribution in [0, 0.1) is 10.1 Å². The molecule has 0 aliphatic heterocycles. The Labute approximate surface area is 146 Å². The molecule has 0 heterocycles. The number of benzene rings is 3. The van der Waals surface area contributed by atoms with Crippen LogP contribution in [0.25, 0.3) is 0 Å². The van der Waals surface area contributed by atoms with E-state index in [1.165, 1.54) is 6.07 Å². The molecule has 3 aromatic carbocycles. The van der Waals surface area contributed by atoms with Crippen LogP contribution in [0.15, 0.2) is 78.9 Å². The largest absolute Gasteiger partial charge is 0.497 e. The van der Waals surface area contributed by atoms with E-state index >= 15 is 0 Å². The number of methoxy groups -OCH3 is 1. The van der Waals surface area contributed by atoms with Crippen LogP contribution in [0.5, 0.6) is 5.75 Å². The molecular weight excluding hydrogens is 316 g/mol. The van der Waals surface area contributed by atoms with Crippen molar-refractivity contribution in [3.05, 3.63) is 94.5 Å². The number of nitro benzene ring substituents is 1. The van der Waals surface area contributed by atoms with Crippen LogP contribution in [0.3, 0.4) is 0 Å². The fourth-order valence-electron chi connectivity index (χ4n) is 2.67. The molecule has 0 spiro atoms. The number of ether oxygens (including phenoxy) is 1. The molecule has 0 aromatic heterocycles. The van der Waals surface area contributed by atoms with E-state index in [0.717, 1.165) is 22.7 Å². The van der Waals surface area contributed by atoms with E-state index in [4.69, 9.17) is 4.74 Å². The molecule has 0 amide bonds. The summed E-state index contributed by atoms with van der Waals surface area (Å²) < 4.78 is 5.33. The summed E-state index contributed by atoms with van der Waals surface area (Å²) in [6.45, 7) is 0.513. The second kappa shape index (κ2) is 7.59. The zero-order valence-electron chi connectivity index (χ0n) is 13.8. The molecule has 0 atom stereocenters. The topological polar surface area (TPSA) is 58.3 Å². The average Bonchev–Trinajstić information content (AvgIpc) is 2.67. The van der Waals surface area contributed by atoms with Crippen LogP contribution >= 0.6 is 0 Å². The molecule has 0 N–H and O–H groups in total. The second-order valence-corrected chi connectivity index (χ2v) is 5.55. The predicted molar refractivity (Wildman–Crippen MR) is 97.7 cm³/mol. The fourth-order valence-corrected chi connectivity index (χ4v) is 2.67. The standard InChI is InChI=1S/C20H18N2O3/c1-25-20-12-6-10-18(14-20)21(17-8-3-2-4-9-17)15-16-7-5-11-19(13-16)22(23)24/h2-14H,15H2,1H3/q+1. The van der Waals surface area contributed by atoms with Crippen LogP contribution in [-0.2, 0) is 6.54 Å². The maximum atomic E-state index is 11.0. The third-order valence-corrected chi connectivity index (χ3v) is 3.89. The third kappa shape index (κ3) is 4.02. The highest BCUT2D eigenvalue weighted by atomic mass is 16.6. The summed E-state index contributed by atoms with van der Waals surface area (Å²) in [5.41, 5.74) is 2.91. The highest BCUT2D eigenvalue weighted by Crippen LogP contribution is 2.30. The fraction of sp³-hybridized carbons (Fsp3) is 0.100. The molecule has 1 radical (unpaired) electrons. The molecule has 0 saturated heterocycles. The molecule has 0 aliphatic rings. The van der Waals surface area contributed by atoms with Crippen LogP contribution in [0.1, 0.15) is 5.56 Å². The van der Waals surface area contributed by atoms with Gasteiger partial charge in [-0.25, -0.2) is 0 Å². The highest BCUT2D eigenvalue weighted by Gasteiger charge is 2.24. The number of nitrogens with zero attached hydrogens (tertiary/aromatic N) is 2. The first-order valence-corrected chi connectivity index (χ1v) is 7.87. The van der Waals surface area contributed by atoms with Crippen molar-refractivity contribution < 1.29 is 9.66 Å². The first kappa shape index (κ1) is 16.7. The van der Waals surface area contributed by atoms with Crippen molar-refractivity contribution >= 4 is 17.1 Å². The van der Waals surface area contributed by atoms with E-state index < -0.39 is 0 Å². The minimum absolute atomic E-state index is 0.0937. The van der Waals surface area contributed by atoms with Gasteiger partial charge in [0.25, 0.3) is 5.69 Å². The Morgan fingerprint density at radius 2 is 1.52 bits per heavy atom. The summed E-state index contributed by atoms with van der Waals surface area (Å²) in [4.78, 5) is 12.8. The van der Waals surface area contributed by atoms with Gasteiger partial charge in [0.15, 0.2) is 17.9 Å². The van der Waals surface area contributed by atoms with Gasteiger partial charge >= 0.3 is 0 Å². The third-order valence-electron chi connectivity index (χ3n) is 3.89. The number of para-hydroxylation sites is 1. The minimum atomic E-state index is -0.373. The van der Waals surface area contributed by atoms with Crippen LogP contribution in [-0.4, -0.2) is 12.0 Å². The van der Waals surface area contributed by atoms with Gasteiger partial charge in [0.05, 0.1) is 12.0 Å². The van der Waals surface area contributed by atoms with Crippen molar-refractivity contribution in [2.24, 2.45) is 0 Å². The molecule has 0 fully saturated rings. The second-order valence-electron chi connectivity index (χ2n) is 5.55. The van der Waals surface area contributed by atoms with Crippen LogP contribution in [0.4, 0.5) is 17.1 Å².